The number of hydrogen-bond donors (Lipinski definition) is 1. The summed E-state index contributed by atoms with van der Waals surface area (Å²) in [5.74, 6) is -0.365. The van der Waals surface area contributed by atoms with Gasteiger partial charge in [0.2, 0.25) is 0 Å². The third-order valence-electron chi connectivity index (χ3n) is 5.02. The van der Waals surface area contributed by atoms with Gasteiger partial charge in [0, 0.05) is 18.8 Å². The summed E-state index contributed by atoms with van der Waals surface area (Å²) in [7, 11) is 4.16. The van der Waals surface area contributed by atoms with Crippen LogP contribution in [0.5, 0.6) is 0 Å². The summed E-state index contributed by atoms with van der Waals surface area (Å²) in [5, 5.41) is 3.03. The summed E-state index contributed by atoms with van der Waals surface area (Å²) >= 11 is 5.70. The SMILES string of the molecule is CN1CCC(N(C)c2nc3cc(NC(=O)c4cnc(Cl)cn4)ccc3o2)CC1. The minimum atomic E-state index is -0.365. The van der Waals surface area contributed by atoms with Crippen molar-refractivity contribution in [2.45, 2.75) is 18.9 Å². The monoisotopic (exact) mass is 400 g/mol. The van der Waals surface area contributed by atoms with Crippen LogP contribution in [-0.4, -0.2) is 59.0 Å². The summed E-state index contributed by atoms with van der Waals surface area (Å²) < 4.78 is 5.92. The first-order chi connectivity index (χ1) is 13.5. The Kier molecular flexibility index (Phi) is 5.15. The predicted molar refractivity (Wildman–Crippen MR) is 108 cm³/mol. The molecular weight excluding hydrogens is 380 g/mol. The number of hydrogen-bond acceptors (Lipinski definition) is 7. The second-order valence-electron chi connectivity index (χ2n) is 7.00. The zero-order valence-corrected chi connectivity index (χ0v) is 16.5. The van der Waals surface area contributed by atoms with Crippen LogP contribution in [0.3, 0.4) is 0 Å². The maximum absolute atomic E-state index is 12.3. The highest BCUT2D eigenvalue weighted by Gasteiger charge is 2.24. The number of rotatable bonds is 4. The van der Waals surface area contributed by atoms with E-state index in [1.165, 1.54) is 12.4 Å². The molecule has 1 amide bonds. The highest BCUT2D eigenvalue weighted by molar-refractivity contribution is 6.29. The molecule has 1 N–H and O–H groups in total. The summed E-state index contributed by atoms with van der Waals surface area (Å²) in [4.78, 5) is 29.2. The van der Waals surface area contributed by atoms with Gasteiger partial charge in [-0.05, 0) is 51.2 Å². The fourth-order valence-electron chi connectivity index (χ4n) is 3.31. The molecule has 3 aromatic rings. The van der Waals surface area contributed by atoms with Crippen molar-refractivity contribution < 1.29 is 9.21 Å². The molecule has 1 aromatic carbocycles. The molecule has 1 aliphatic heterocycles. The molecule has 1 aliphatic rings. The van der Waals surface area contributed by atoms with Crippen LogP contribution < -0.4 is 10.2 Å². The van der Waals surface area contributed by atoms with Gasteiger partial charge in [-0.15, -0.1) is 0 Å². The van der Waals surface area contributed by atoms with Crippen LogP contribution in [0.2, 0.25) is 5.15 Å². The number of piperidine rings is 1. The number of oxazole rings is 1. The molecule has 0 radical (unpaired) electrons. The number of anilines is 2. The third kappa shape index (κ3) is 3.93. The lowest BCUT2D eigenvalue weighted by Gasteiger charge is -2.34. The maximum atomic E-state index is 12.3. The minimum absolute atomic E-state index is 0.187. The van der Waals surface area contributed by atoms with E-state index in [4.69, 9.17) is 16.0 Å². The van der Waals surface area contributed by atoms with Gasteiger partial charge in [-0.25, -0.2) is 9.97 Å². The predicted octanol–water partition coefficient (Wildman–Crippen LogP) is 3.05. The van der Waals surface area contributed by atoms with Gasteiger partial charge in [0.25, 0.3) is 11.9 Å². The molecule has 1 fully saturated rings. The number of nitrogens with one attached hydrogen (secondary N) is 1. The molecule has 8 nitrogen and oxygen atoms in total. The third-order valence-corrected chi connectivity index (χ3v) is 5.22. The molecule has 146 valence electrons. The van der Waals surface area contributed by atoms with Crippen LogP contribution in [0, 0.1) is 0 Å². The molecule has 2 aromatic heterocycles. The molecule has 9 heteroatoms. The first-order valence-electron chi connectivity index (χ1n) is 9.10. The van der Waals surface area contributed by atoms with Crippen LogP contribution in [0.1, 0.15) is 23.3 Å². The normalized spacial score (nSPS) is 15.7. The number of carbonyl (C=O) groups is 1. The van der Waals surface area contributed by atoms with Crippen LogP contribution in [0.15, 0.2) is 35.0 Å². The molecule has 1 saturated heterocycles. The van der Waals surface area contributed by atoms with Crippen molar-refractivity contribution in [1.82, 2.24) is 19.9 Å². The number of benzene rings is 1. The van der Waals surface area contributed by atoms with Crippen molar-refractivity contribution in [3.8, 4) is 0 Å². The molecule has 0 saturated carbocycles. The molecule has 0 spiro atoms. The van der Waals surface area contributed by atoms with Crippen molar-refractivity contribution in [3.63, 3.8) is 0 Å². The minimum Gasteiger partial charge on any atom is -0.423 e. The Labute approximate surface area is 167 Å². The van der Waals surface area contributed by atoms with Gasteiger partial charge >= 0.3 is 0 Å². The van der Waals surface area contributed by atoms with Crippen LogP contribution in [0.25, 0.3) is 11.1 Å². The van der Waals surface area contributed by atoms with Gasteiger partial charge in [0.15, 0.2) is 5.58 Å². The maximum Gasteiger partial charge on any atom is 0.298 e. The van der Waals surface area contributed by atoms with Gasteiger partial charge in [0.1, 0.15) is 16.4 Å². The Morgan fingerprint density at radius 3 is 2.79 bits per heavy atom. The van der Waals surface area contributed by atoms with Crippen LogP contribution in [-0.2, 0) is 0 Å². The Bertz CT molecular complexity index is 982. The summed E-state index contributed by atoms with van der Waals surface area (Å²) in [6.45, 7) is 2.14. The fraction of sp³-hybridized carbons (Fsp3) is 0.368. The second kappa shape index (κ2) is 7.73. The largest absolute Gasteiger partial charge is 0.423 e. The molecule has 4 rings (SSSR count). The van der Waals surface area contributed by atoms with Crippen molar-refractivity contribution in [2.24, 2.45) is 0 Å². The lowest BCUT2D eigenvalue weighted by atomic mass is 10.0. The zero-order chi connectivity index (χ0) is 19.7. The van der Waals surface area contributed by atoms with Crippen LogP contribution >= 0.6 is 11.6 Å². The zero-order valence-electron chi connectivity index (χ0n) is 15.7. The lowest BCUT2D eigenvalue weighted by Crippen LogP contribution is -2.42. The van der Waals surface area contributed by atoms with Gasteiger partial charge in [0.05, 0.1) is 12.4 Å². The quantitative estimate of drug-likeness (QED) is 0.720. The van der Waals surface area contributed by atoms with Crippen molar-refractivity contribution in [1.29, 1.82) is 0 Å². The van der Waals surface area contributed by atoms with Crippen LogP contribution in [0.4, 0.5) is 11.7 Å². The van der Waals surface area contributed by atoms with E-state index in [1.807, 2.05) is 7.05 Å². The van der Waals surface area contributed by atoms with E-state index in [2.05, 4.69) is 37.1 Å². The average molecular weight is 401 g/mol. The first-order valence-corrected chi connectivity index (χ1v) is 9.48. The summed E-state index contributed by atoms with van der Waals surface area (Å²) in [6.07, 6.45) is 4.83. The molecule has 3 heterocycles. The van der Waals surface area contributed by atoms with Gasteiger partial charge in [-0.2, -0.15) is 4.98 Å². The summed E-state index contributed by atoms with van der Waals surface area (Å²) in [5.41, 5.74) is 2.16. The number of nitrogens with zero attached hydrogens (tertiary/aromatic N) is 5. The molecular formula is C19H21ClN6O2. The second-order valence-corrected chi connectivity index (χ2v) is 7.39. The Balaban J connectivity index is 1.50. The number of halogens is 1. The first kappa shape index (κ1) is 18.6. The van der Waals surface area contributed by atoms with Gasteiger partial charge in [-0.1, -0.05) is 11.6 Å². The molecule has 0 aliphatic carbocycles. The number of carbonyl (C=O) groups excluding carboxylic acids is 1. The molecule has 0 unspecified atom stereocenters. The number of aromatic nitrogens is 3. The average Bonchev–Trinajstić information content (AvgIpc) is 3.12. The molecule has 28 heavy (non-hydrogen) atoms. The molecule has 0 bridgehead atoms. The summed E-state index contributed by atoms with van der Waals surface area (Å²) in [6, 6.07) is 6.36. The van der Waals surface area contributed by atoms with E-state index in [-0.39, 0.29) is 16.8 Å². The Morgan fingerprint density at radius 1 is 1.29 bits per heavy atom. The standard InChI is InChI=1S/C19H21ClN6O2/c1-25-7-5-13(6-8-25)26(2)19-24-14-9-12(3-4-16(14)28-19)23-18(27)15-10-22-17(20)11-21-15/h3-4,9-11,13H,5-8H2,1-2H3,(H,23,27). The lowest BCUT2D eigenvalue weighted by molar-refractivity contribution is 0.102. The number of fused-ring (bicyclic) bond motifs is 1. The van der Waals surface area contributed by atoms with Crippen molar-refractivity contribution in [2.75, 3.05) is 37.4 Å². The highest BCUT2D eigenvalue weighted by Crippen LogP contribution is 2.27. The number of likely N-dealkylation sites (tertiary alicyclic amines) is 1. The Morgan fingerprint density at radius 2 is 2.07 bits per heavy atom. The smallest absolute Gasteiger partial charge is 0.298 e. The van der Waals surface area contributed by atoms with E-state index in [0.717, 1.165) is 25.9 Å². The van der Waals surface area contributed by atoms with E-state index in [0.29, 0.717) is 28.8 Å². The highest BCUT2D eigenvalue weighted by atomic mass is 35.5. The van der Waals surface area contributed by atoms with E-state index < -0.39 is 0 Å². The van der Waals surface area contributed by atoms with E-state index in [9.17, 15) is 4.79 Å². The molecule has 0 atom stereocenters. The van der Waals surface area contributed by atoms with Gasteiger partial charge in [-0.3, -0.25) is 4.79 Å². The number of amides is 1. The fourth-order valence-corrected chi connectivity index (χ4v) is 3.40. The van der Waals surface area contributed by atoms with Crippen molar-refractivity contribution in [3.05, 3.63) is 41.4 Å². The van der Waals surface area contributed by atoms with Gasteiger partial charge < -0.3 is 19.5 Å². The van der Waals surface area contributed by atoms with E-state index >= 15 is 0 Å². The van der Waals surface area contributed by atoms with E-state index in [1.54, 1.807) is 18.2 Å². The topological polar surface area (TPSA) is 87.4 Å². The Hall–Kier alpha value is -2.71. The van der Waals surface area contributed by atoms with Crippen molar-refractivity contribution >= 4 is 40.3 Å².